The minimum absolute atomic E-state index is 0.223. The quantitative estimate of drug-likeness (QED) is 0.734. The Kier molecular flexibility index (Phi) is 4.32. The van der Waals surface area contributed by atoms with E-state index in [0.29, 0.717) is 36.0 Å². The van der Waals surface area contributed by atoms with Crippen LogP contribution in [0.1, 0.15) is 29.7 Å². The van der Waals surface area contributed by atoms with Gasteiger partial charge in [0.1, 0.15) is 12.4 Å². The molecule has 3 aromatic rings. The summed E-state index contributed by atoms with van der Waals surface area (Å²) in [6.07, 6.45) is 0. The summed E-state index contributed by atoms with van der Waals surface area (Å²) in [5.74, 6) is 0.910. The molecular weight excluding hydrogens is 333 g/mol. The van der Waals surface area contributed by atoms with Crippen molar-refractivity contribution >= 4 is 5.71 Å². The molecule has 1 aliphatic rings. The van der Waals surface area contributed by atoms with Gasteiger partial charge in [-0.05, 0) is 18.2 Å². The molecule has 6 nitrogen and oxygen atoms in total. The molecule has 0 fully saturated rings. The lowest BCUT2D eigenvalue weighted by Crippen LogP contribution is -2.21. The predicted molar refractivity (Wildman–Crippen MR) is 95.0 cm³/mol. The second kappa shape index (κ2) is 6.78. The standard InChI is InChI=1S/C19H18FN5O/c1-2-24(26)12-18-23-22-17-11-21-19(13-6-4-3-5-7-13)15-10-14(20)8-9-16(15)25(17)18/h3-10,26H,2,11-12H2,1H3. The molecule has 0 radical (unpaired) electrons. The van der Waals surface area contributed by atoms with E-state index < -0.39 is 0 Å². The summed E-state index contributed by atoms with van der Waals surface area (Å²) in [6, 6.07) is 14.3. The van der Waals surface area contributed by atoms with Crippen LogP contribution in [-0.4, -0.2) is 37.3 Å². The van der Waals surface area contributed by atoms with Crippen molar-refractivity contribution in [1.29, 1.82) is 0 Å². The lowest BCUT2D eigenvalue weighted by atomic mass is 10.0. The largest absolute Gasteiger partial charge is 0.314 e. The summed E-state index contributed by atoms with van der Waals surface area (Å²) >= 11 is 0. The highest BCUT2D eigenvalue weighted by Crippen LogP contribution is 2.26. The fraction of sp³-hybridized carbons (Fsp3) is 0.211. The number of hydroxylamine groups is 2. The minimum atomic E-state index is -0.331. The Balaban J connectivity index is 1.90. The molecule has 0 amide bonds. The zero-order chi connectivity index (χ0) is 18.1. The van der Waals surface area contributed by atoms with Crippen LogP contribution >= 0.6 is 0 Å². The molecular formula is C19H18FN5O. The van der Waals surface area contributed by atoms with E-state index in [1.54, 1.807) is 6.07 Å². The highest BCUT2D eigenvalue weighted by Gasteiger charge is 2.23. The average Bonchev–Trinajstić information content (AvgIpc) is 2.97. The van der Waals surface area contributed by atoms with Crippen LogP contribution in [0.2, 0.25) is 0 Å². The number of aliphatic imine (C=N–C) groups is 1. The first-order chi connectivity index (χ1) is 12.7. The van der Waals surface area contributed by atoms with Crippen LogP contribution < -0.4 is 0 Å². The minimum Gasteiger partial charge on any atom is -0.314 e. The number of rotatable bonds is 4. The Labute approximate surface area is 150 Å². The van der Waals surface area contributed by atoms with Gasteiger partial charge in [-0.1, -0.05) is 37.3 Å². The Bertz CT molecular complexity index is 967. The molecule has 0 unspecified atom stereocenters. The van der Waals surface area contributed by atoms with E-state index in [1.165, 1.54) is 12.1 Å². The van der Waals surface area contributed by atoms with Crippen molar-refractivity contribution in [3.05, 3.63) is 77.1 Å². The molecule has 2 heterocycles. The van der Waals surface area contributed by atoms with E-state index in [2.05, 4.69) is 15.2 Å². The second-order valence-corrected chi connectivity index (χ2v) is 6.04. The molecule has 132 valence electrons. The zero-order valence-corrected chi connectivity index (χ0v) is 14.3. The first kappa shape index (κ1) is 16.6. The van der Waals surface area contributed by atoms with Gasteiger partial charge in [0.05, 0.1) is 17.9 Å². The normalized spacial score (nSPS) is 13.2. The molecule has 1 aromatic heterocycles. The van der Waals surface area contributed by atoms with Gasteiger partial charge >= 0.3 is 0 Å². The van der Waals surface area contributed by atoms with E-state index >= 15 is 0 Å². The molecule has 7 heteroatoms. The van der Waals surface area contributed by atoms with Gasteiger partial charge < -0.3 is 5.21 Å². The fourth-order valence-corrected chi connectivity index (χ4v) is 3.08. The topological polar surface area (TPSA) is 66.5 Å². The third kappa shape index (κ3) is 2.91. The summed E-state index contributed by atoms with van der Waals surface area (Å²) in [4.78, 5) is 4.68. The van der Waals surface area contributed by atoms with Gasteiger partial charge in [-0.2, -0.15) is 5.06 Å². The molecule has 2 aromatic carbocycles. The first-order valence-electron chi connectivity index (χ1n) is 8.44. The van der Waals surface area contributed by atoms with E-state index in [0.717, 1.165) is 16.3 Å². The van der Waals surface area contributed by atoms with Crippen molar-refractivity contribution < 1.29 is 9.60 Å². The van der Waals surface area contributed by atoms with E-state index in [9.17, 15) is 9.60 Å². The Morgan fingerprint density at radius 3 is 2.73 bits per heavy atom. The number of hydrogen-bond acceptors (Lipinski definition) is 5. The van der Waals surface area contributed by atoms with Crippen molar-refractivity contribution in [3.63, 3.8) is 0 Å². The molecule has 0 atom stereocenters. The SMILES string of the molecule is CCN(O)Cc1nnc2n1-c1ccc(F)cc1C(c1ccccc1)=NC2. The van der Waals surface area contributed by atoms with Gasteiger partial charge in [0.25, 0.3) is 0 Å². The van der Waals surface area contributed by atoms with Gasteiger partial charge in [-0.25, -0.2) is 4.39 Å². The third-order valence-corrected chi connectivity index (χ3v) is 4.37. The smallest absolute Gasteiger partial charge is 0.159 e. The van der Waals surface area contributed by atoms with Crippen molar-refractivity contribution in [1.82, 2.24) is 19.8 Å². The predicted octanol–water partition coefficient (Wildman–Crippen LogP) is 2.97. The van der Waals surface area contributed by atoms with Crippen molar-refractivity contribution in [3.8, 4) is 5.69 Å². The summed E-state index contributed by atoms with van der Waals surface area (Å²) < 4.78 is 15.9. The summed E-state index contributed by atoms with van der Waals surface area (Å²) in [5, 5.41) is 19.5. The number of aromatic nitrogens is 3. The Morgan fingerprint density at radius 2 is 1.96 bits per heavy atom. The fourth-order valence-electron chi connectivity index (χ4n) is 3.08. The van der Waals surface area contributed by atoms with E-state index in [-0.39, 0.29) is 12.4 Å². The first-order valence-corrected chi connectivity index (χ1v) is 8.44. The molecule has 0 saturated carbocycles. The number of nitrogens with zero attached hydrogens (tertiary/aromatic N) is 5. The van der Waals surface area contributed by atoms with Crippen molar-refractivity contribution in [2.24, 2.45) is 4.99 Å². The van der Waals surface area contributed by atoms with Crippen LogP contribution in [-0.2, 0) is 13.1 Å². The van der Waals surface area contributed by atoms with Crippen LogP contribution in [0, 0.1) is 5.82 Å². The maximum Gasteiger partial charge on any atom is 0.159 e. The maximum atomic E-state index is 14.0. The monoisotopic (exact) mass is 351 g/mol. The van der Waals surface area contributed by atoms with E-state index in [4.69, 9.17) is 0 Å². The number of benzene rings is 2. The Hall–Kier alpha value is -2.90. The molecule has 26 heavy (non-hydrogen) atoms. The van der Waals surface area contributed by atoms with Gasteiger partial charge in [0.15, 0.2) is 11.6 Å². The average molecular weight is 351 g/mol. The zero-order valence-electron chi connectivity index (χ0n) is 14.3. The highest BCUT2D eigenvalue weighted by molar-refractivity contribution is 6.15. The van der Waals surface area contributed by atoms with Crippen LogP contribution in [0.4, 0.5) is 4.39 Å². The molecule has 1 N–H and O–H groups in total. The van der Waals surface area contributed by atoms with Gasteiger partial charge in [-0.15, -0.1) is 10.2 Å². The molecule has 1 aliphatic heterocycles. The van der Waals surface area contributed by atoms with Gasteiger partial charge in [0.2, 0.25) is 0 Å². The Morgan fingerprint density at radius 1 is 1.15 bits per heavy atom. The molecule has 4 rings (SSSR count). The maximum absolute atomic E-state index is 14.0. The van der Waals surface area contributed by atoms with Crippen molar-refractivity contribution in [2.45, 2.75) is 20.0 Å². The van der Waals surface area contributed by atoms with E-state index in [1.807, 2.05) is 41.8 Å². The highest BCUT2D eigenvalue weighted by atomic mass is 19.1. The summed E-state index contributed by atoms with van der Waals surface area (Å²) in [7, 11) is 0. The number of halogens is 1. The van der Waals surface area contributed by atoms with Crippen LogP contribution in [0.5, 0.6) is 0 Å². The third-order valence-electron chi connectivity index (χ3n) is 4.37. The van der Waals surface area contributed by atoms with Crippen LogP contribution in [0.15, 0.2) is 53.5 Å². The lowest BCUT2D eigenvalue weighted by Gasteiger charge is -2.16. The number of fused-ring (bicyclic) bond motifs is 3. The van der Waals surface area contributed by atoms with Gasteiger partial charge in [0, 0.05) is 17.7 Å². The molecule has 0 saturated heterocycles. The van der Waals surface area contributed by atoms with Crippen molar-refractivity contribution in [2.75, 3.05) is 6.54 Å². The van der Waals surface area contributed by atoms with Gasteiger partial charge in [-0.3, -0.25) is 9.56 Å². The number of hydrogen-bond donors (Lipinski definition) is 1. The summed E-state index contributed by atoms with van der Waals surface area (Å²) in [5.41, 5.74) is 3.06. The van der Waals surface area contributed by atoms with Crippen LogP contribution in [0.3, 0.4) is 0 Å². The summed E-state index contributed by atoms with van der Waals surface area (Å²) in [6.45, 7) is 2.86. The molecule has 0 spiro atoms. The molecule has 0 bridgehead atoms. The second-order valence-electron chi connectivity index (χ2n) is 6.04. The lowest BCUT2D eigenvalue weighted by molar-refractivity contribution is -0.0967. The molecule has 0 aliphatic carbocycles. The van der Waals surface area contributed by atoms with Crippen LogP contribution in [0.25, 0.3) is 5.69 Å².